The summed E-state index contributed by atoms with van der Waals surface area (Å²) in [5.74, 6) is -0.407. The Bertz CT molecular complexity index is 594. The molecule has 1 N–H and O–H groups in total. The molecule has 0 aliphatic heterocycles. The average molecular weight is 260 g/mol. The summed E-state index contributed by atoms with van der Waals surface area (Å²) in [5.41, 5.74) is 0.849. The summed E-state index contributed by atoms with van der Waals surface area (Å²) >= 11 is 5.78. The van der Waals surface area contributed by atoms with E-state index in [1.807, 2.05) is 6.07 Å². The Morgan fingerprint density at radius 1 is 1.28 bits per heavy atom. The van der Waals surface area contributed by atoms with Gasteiger partial charge in [0.15, 0.2) is 5.78 Å². The molecule has 0 aliphatic rings. The molecule has 1 heterocycles. The van der Waals surface area contributed by atoms with E-state index in [0.717, 1.165) is 0 Å². The Morgan fingerprint density at radius 2 is 2.11 bits per heavy atom. The van der Waals surface area contributed by atoms with Crippen molar-refractivity contribution in [1.29, 1.82) is 0 Å². The van der Waals surface area contributed by atoms with E-state index in [1.54, 1.807) is 24.4 Å². The van der Waals surface area contributed by atoms with Crippen LogP contribution in [0.3, 0.4) is 0 Å². The number of benzene rings is 1. The Hall–Kier alpha value is -2.13. The summed E-state index contributed by atoms with van der Waals surface area (Å²) in [4.78, 5) is 15.9. The number of nitrogens with zero attached hydrogens (tertiary/aromatic N) is 1. The summed E-state index contributed by atoms with van der Waals surface area (Å²) in [6.45, 7) is 0. The number of halogens is 1. The molecule has 3 nitrogen and oxygen atoms in total. The minimum absolute atomic E-state index is 0.0879. The number of hydrogen-bond acceptors (Lipinski definition) is 3. The summed E-state index contributed by atoms with van der Waals surface area (Å²) in [7, 11) is 0. The van der Waals surface area contributed by atoms with Gasteiger partial charge in [0.05, 0.1) is 11.3 Å². The summed E-state index contributed by atoms with van der Waals surface area (Å²) in [6, 6.07) is 9.75. The van der Waals surface area contributed by atoms with E-state index < -0.39 is 0 Å². The zero-order valence-corrected chi connectivity index (χ0v) is 10.1. The highest BCUT2D eigenvalue weighted by Crippen LogP contribution is 2.22. The fourth-order valence-electron chi connectivity index (χ4n) is 1.43. The van der Waals surface area contributed by atoms with Gasteiger partial charge in [-0.15, -0.1) is 0 Å². The maximum Gasteiger partial charge on any atom is 0.189 e. The number of carbonyl (C=O) groups excluding carboxylic acids is 1. The molecule has 4 heteroatoms. The lowest BCUT2D eigenvalue weighted by Gasteiger charge is -2.00. The number of pyridine rings is 1. The van der Waals surface area contributed by atoms with E-state index in [9.17, 15) is 9.90 Å². The standard InChI is InChI=1S/C14H10ClNO2/c15-10-4-6-13(17)12(9-10)14(18)7-5-11-3-1-2-8-16-11/h1-9,17H. The van der Waals surface area contributed by atoms with Crippen LogP contribution in [-0.4, -0.2) is 15.9 Å². The minimum Gasteiger partial charge on any atom is -0.507 e. The van der Waals surface area contributed by atoms with E-state index in [-0.39, 0.29) is 17.1 Å². The van der Waals surface area contributed by atoms with Gasteiger partial charge in [-0.2, -0.15) is 0 Å². The van der Waals surface area contributed by atoms with Gasteiger partial charge in [-0.25, -0.2) is 0 Å². The van der Waals surface area contributed by atoms with E-state index >= 15 is 0 Å². The fourth-order valence-corrected chi connectivity index (χ4v) is 1.60. The topological polar surface area (TPSA) is 50.2 Å². The van der Waals surface area contributed by atoms with Crippen molar-refractivity contribution < 1.29 is 9.90 Å². The van der Waals surface area contributed by atoms with Gasteiger partial charge in [-0.3, -0.25) is 9.78 Å². The smallest absolute Gasteiger partial charge is 0.189 e. The molecule has 0 fully saturated rings. The molecule has 0 atom stereocenters. The largest absolute Gasteiger partial charge is 0.507 e. The van der Waals surface area contributed by atoms with Gasteiger partial charge in [-0.05, 0) is 42.5 Å². The van der Waals surface area contributed by atoms with Crippen molar-refractivity contribution in [3.63, 3.8) is 0 Å². The maximum atomic E-state index is 11.9. The number of aromatic nitrogens is 1. The molecule has 0 unspecified atom stereocenters. The monoisotopic (exact) mass is 259 g/mol. The van der Waals surface area contributed by atoms with Crippen LogP contribution in [0.5, 0.6) is 5.75 Å². The first-order valence-corrected chi connectivity index (χ1v) is 5.66. The first-order valence-electron chi connectivity index (χ1n) is 5.29. The molecule has 1 aromatic carbocycles. The van der Waals surface area contributed by atoms with Crippen molar-refractivity contribution in [2.24, 2.45) is 0 Å². The number of aromatic hydroxyl groups is 1. The molecule has 0 amide bonds. The number of phenolic OH excluding ortho intramolecular Hbond substituents is 1. The normalized spacial score (nSPS) is 10.7. The van der Waals surface area contributed by atoms with Crippen LogP contribution in [0, 0.1) is 0 Å². The quantitative estimate of drug-likeness (QED) is 0.679. The van der Waals surface area contributed by atoms with Crippen molar-refractivity contribution >= 4 is 23.5 Å². The van der Waals surface area contributed by atoms with Crippen LogP contribution >= 0.6 is 11.6 Å². The third-order valence-corrected chi connectivity index (χ3v) is 2.55. The summed E-state index contributed by atoms with van der Waals surface area (Å²) in [6.07, 6.45) is 4.58. The van der Waals surface area contributed by atoms with Gasteiger partial charge in [0.1, 0.15) is 5.75 Å². The van der Waals surface area contributed by atoms with Crippen molar-refractivity contribution in [3.05, 3.63) is 65.0 Å². The van der Waals surface area contributed by atoms with Crippen molar-refractivity contribution in [1.82, 2.24) is 4.98 Å². The van der Waals surface area contributed by atoms with Crippen LogP contribution in [0.2, 0.25) is 5.02 Å². The predicted octanol–water partition coefficient (Wildman–Crippen LogP) is 3.34. The van der Waals surface area contributed by atoms with Crippen LogP contribution in [0.15, 0.2) is 48.7 Å². The molecule has 0 spiro atoms. The third kappa shape index (κ3) is 2.96. The van der Waals surface area contributed by atoms with Gasteiger partial charge in [-0.1, -0.05) is 17.7 Å². The lowest BCUT2D eigenvalue weighted by molar-refractivity contribution is 0.104. The van der Waals surface area contributed by atoms with Crippen LogP contribution < -0.4 is 0 Å². The van der Waals surface area contributed by atoms with E-state index in [0.29, 0.717) is 10.7 Å². The number of rotatable bonds is 3. The molecule has 0 radical (unpaired) electrons. The Balaban J connectivity index is 2.22. The molecule has 0 saturated heterocycles. The van der Waals surface area contributed by atoms with Crippen molar-refractivity contribution in [2.75, 3.05) is 0 Å². The highest BCUT2D eigenvalue weighted by molar-refractivity contribution is 6.31. The maximum absolute atomic E-state index is 11.9. The van der Waals surface area contributed by atoms with Crippen LogP contribution in [0.25, 0.3) is 6.08 Å². The molecular formula is C14H10ClNO2. The van der Waals surface area contributed by atoms with Gasteiger partial charge in [0.2, 0.25) is 0 Å². The van der Waals surface area contributed by atoms with Gasteiger partial charge >= 0.3 is 0 Å². The lowest BCUT2D eigenvalue weighted by Crippen LogP contribution is -1.95. The molecule has 2 aromatic rings. The predicted molar refractivity (Wildman–Crippen MR) is 70.7 cm³/mol. The SMILES string of the molecule is O=C(C=Cc1ccccn1)c1cc(Cl)ccc1O. The number of allylic oxidation sites excluding steroid dienone is 1. The summed E-state index contributed by atoms with van der Waals surface area (Å²) in [5, 5.41) is 9.98. The molecule has 90 valence electrons. The Labute approximate surface area is 109 Å². The zero-order valence-electron chi connectivity index (χ0n) is 9.38. The molecule has 1 aromatic heterocycles. The number of hydrogen-bond donors (Lipinski definition) is 1. The average Bonchev–Trinajstić information content (AvgIpc) is 2.40. The molecule has 0 aliphatic carbocycles. The van der Waals surface area contributed by atoms with E-state index in [2.05, 4.69) is 4.98 Å². The first kappa shape index (κ1) is 12.3. The molecule has 0 saturated carbocycles. The Morgan fingerprint density at radius 3 is 2.83 bits per heavy atom. The summed E-state index contributed by atoms with van der Waals surface area (Å²) < 4.78 is 0. The first-order chi connectivity index (χ1) is 8.66. The zero-order chi connectivity index (χ0) is 13.0. The number of carbonyl (C=O) groups is 1. The van der Waals surface area contributed by atoms with Crippen LogP contribution in [-0.2, 0) is 0 Å². The molecule has 2 rings (SSSR count). The highest BCUT2D eigenvalue weighted by Gasteiger charge is 2.08. The van der Waals surface area contributed by atoms with Gasteiger partial charge < -0.3 is 5.11 Å². The van der Waals surface area contributed by atoms with E-state index in [1.165, 1.54) is 24.3 Å². The van der Waals surface area contributed by atoms with Crippen molar-refractivity contribution in [3.8, 4) is 5.75 Å². The Kier molecular flexibility index (Phi) is 3.75. The molecular weight excluding hydrogens is 250 g/mol. The lowest BCUT2D eigenvalue weighted by atomic mass is 10.1. The number of phenols is 1. The minimum atomic E-state index is -0.319. The highest BCUT2D eigenvalue weighted by atomic mass is 35.5. The molecule has 0 bridgehead atoms. The fraction of sp³-hybridized carbons (Fsp3) is 0. The second kappa shape index (κ2) is 5.47. The van der Waals surface area contributed by atoms with Crippen molar-refractivity contribution in [2.45, 2.75) is 0 Å². The van der Waals surface area contributed by atoms with E-state index in [4.69, 9.17) is 11.6 Å². The van der Waals surface area contributed by atoms with Gasteiger partial charge in [0.25, 0.3) is 0 Å². The third-order valence-electron chi connectivity index (χ3n) is 2.32. The second-order valence-corrected chi connectivity index (χ2v) is 4.05. The van der Waals surface area contributed by atoms with Gasteiger partial charge in [0, 0.05) is 11.2 Å². The molecule has 18 heavy (non-hydrogen) atoms. The number of ketones is 1. The van der Waals surface area contributed by atoms with Crippen LogP contribution in [0.4, 0.5) is 0 Å². The second-order valence-electron chi connectivity index (χ2n) is 3.61. The van der Waals surface area contributed by atoms with Crippen LogP contribution in [0.1, 0.15) is 16.1 Å².